The van der Waals surface area contributed by atoms with Gasteiger partial charge in [-0.05, 0) is 49.6 Å². The SMILES string of the molecule is Cc1ccc(-n2ncc(C(=O)N3CCN(Cc4ccccn4)CC3)c2C2CC2)cc1Cl. The van der Waals surface area contributed by atoms with Crippen LogP contribution < -0.4 is 0 Å². The number of piperazine rings is 1. The summed E-state index contributed by atoms with van der Waals surface area (Å²) >= 11 is 6.35. The van der Waals surface area contributed by atoms with Gasteiger partial charge < -0.3 is 4.90 Å². The van der Waals surface area contributed by atoms with Gasteiger partial charge in [0.25, 0.3) is 5.91 Å². The van der Waals surface area contributed by atoms with Crippen molar-refractivity contribution >= 4 is 17.5 Å². The molecule has 1 saturated heterocycles. The highest BCUT2D eigenvalue weighted by molar-refractivity contribution is 6.31. The highest BCUT2D eigenvalue weighted by atomic mass is 35.5. The van der Waals surface area contributed by atoms with Crippen LogP contribution in [0.1, 0.15) is 46.1 Å². The Labute approximate surface area is 187 Å². The fraction of sp³-hybridized carbons (Fsp3) is 0.375. The first-order chi connectivity index (χ1) is 15.1. The fourth-order valence-electron chi connectivity index (χ4n) is 4.19. The fourth-order valence-corrected chi connectivity index (χ4v) is 4.37. The molecule has 1 amide bonds. The molecule has 0 spiro atoms. The summed E-state index contributed by atoms with van der Waals surface area (Å²) in [6.45, 7) is 5.95. The number of nitrogens with zero attached hydrogens (tertiary/aromatic N) is 5. The van der Waals surface area contributed by atoms with Crippen molar-refractivity contribution in [3.05, 3.63) is 76.3 Å². The van der Waals surface area contributed by atoms with E-state index >= 15 is 0 Å². The number of carbonyl (C=O) groups is 1. The molecule has 31 heavy (non-hydrogen) atoms. The third-order valence-electron chi connectivity index (χ3n) is 6.17. The van der Waals surface area contributed by atoms with E-state index in [2.05, 4.69) is 15.0 Å². The lowest BCUT2D eigenvalue weighted by molar-refractivity contribution is 0.0626. The third kappa shape index (κ3) is 4.23. The third-order valence-corrected chi connectivity index (χ3v) is 6.58. The highest BCUT2D eigenvalue weighted by Gasteiger charge is 2.35. The minimum atomic E-state index is 0.0869. The minimum absolute atomic E-state index is 0.0869. The van der Waals surface area contributed by atoms with Crippen molar-refractivity contribution in [3.8, 4) is 5.69 Å². The van der Waals surface area contributed by atoms with E-state index in [1.54, 1.807) is 6.20 Å². The van der Waals surface area contributed by atoms with E-state index in [9.17, 15) is 4.79 Å². The normalized spacial score (nSPS) is 17.2. The Morgan fingerprint density at radius 2 is 1.94 bits per heavy atom. The lowest BCUT2D eigenvalue weighted by Crippen LogP contribution is -2.48. The number of hydrogen-bond acceptors (Lipinski definition) is 4. The van der Waals surface area contributed by atoms with Crippen molar-refractivity contribution in [1.29, 1.82) is 0 Å². The molecule has 0 unspecified atom stereocenters. The van der Waals surface area contributed by atoms with Crippen LogP contribution in [0.2, 0.25) is 5.02 Å². The lowest BCUT2D eigenvalue weighted by atomic mass is 10.1. The van der Waals surface area contributed by atoms with Crippen LogP contribution in [0.25, 0.3) is 5.69 Å². The molecule has 0 N–H and O–H groups in total. The van der Waals surface area contributed by atoms with Gasteiger partial charge in [0.05, 0.1) is 28.8 Å². The molecule has 0 bridgehead atoms. The van der Waals surface area contributed by atoms with Crippen LogP contribution in [0.3, 0.4) is 0 Å². The van der Waals surface area contributed by atoms with Crippen molar-refractivity contribution in [2.24, 2.45) is 0 Å². The molecule has 1 aliphatic heterocycles. The Bertz CT molecular complexity index is 1080. The van der Waals surface area contributed by atoms with Crippen LogP contribution in [0.4, 0.5) is 0 Å². The molecule has 5 rings (SSSR count). The molecule has 6 nitrogen and oxygen atoms in total. The second-order valence-corrected chi connectivity index (χ2v) is 8.86. The topological polar surface area (TPSA) is 54.3 Å². The van der Waals surface area contributed by atoms with Crippen LogP contribution in [0, 0.1) is 6.92 Å². The smallest absolute Gasteiger partial charge is 0.257 e. The molecule has 160 valence electrons. The molecule has 1 aromatic carbocycles. The number of carbonyl (C=O) groups excluding carboxylic acids is 1. The van der Waals surface area contributed by atoms with E-state index in [0.717, 1.165) is 73.8 Å². The Balaban J connectivity index is 1.32. The number of hydrogen-bond donors (Lipinski definition) is 0. The quantitative estimate of drug-likeness (QED) is 0.606. The van der Waals surface area contributed by atoms with Crippen LogP contribution in [0.5, 0.6) is 0 Å². The summed E-state index contributed by atoms with van der Waals surface area (Å²) in [5.41, 5.74) is 4.77. The standard InChI is InChI=1S/C24H26ClN5O/c1-17-5-8-20(14-22(17)25)30-23(18-6-7-18)21(15-27-30)24(31)29-12-10-28(11-13-29)16-19-4-2-3-9-26-19/h2-5,8-9,14-15,18H,6-7,10-13,16H2,1H3. The minimum Gasteiger partial charge on any atom is -0.336 e. The number of halogens is 1. The Kier molecular flexibility index (Phi) is 5.50. The molecule has 7 heteroatoms. The summed E-state index contributed by atoms with van der Waals surface area (Å²) in [7, 11) is 0. The van der Waals surface area contributed by atoms with E-state index in [1.807, 2.05) is 59.1 Å². The number of pyridine rings is 1. The zero-order valence-electron chi connectivity index (χ0n) is 17.7. The van der Waals surface area contributed by atoms with Gasteiger partial charge in [-0.2, -0.15) is 5.10 Å². The summed E-state index contributed by atoms with van der Waals surface area (Å²) < 4.78 is 1.91. The van der Waals surface area contributed by atoms with Crippen LogP contribution in [0.15, 0.2) is 48.8 Å². The maximum Gasteiger partial charge on any atom is 0.257 e. The zero-order valence-corrected chi connectivity index (χ0v) is 18.4. The summed E-state index contributed by atoms with van der Waals surface area (Å²) in [5.74, 6) is 0.482. The molecular formula is C24H26ClN5O. The van der Waals surface area contributed by atoms with Crippen molar-refractivity contribution < 1.29 is 4.79 Å². The second-order valence-electron chi connectivity index (χ2n) is 8.45. The number of amides is 1. The highest BCUT2D eigenvalue weighted by Crippen LogP contribution is 2.43. The first-order valence-corrected chi connectivity index (χ1v) is 11.2. The van der Waals surface area contributed by atoms with Gasteiger partial charge in [-0.25, -0.2) is 4.68 Å². The summed E-state index contributed by atoms with van der Waals surface area (Å²) in [5, 5.41) is 5.31. The van der Waals surface area contributed by atoms with Crippen LogP contribution >= 0.6 is 11.6 Å². The lowest BCUT2D eigenvalue weighted by Gasteiger charge is -2.34. The van der Waals surface area contributed by atoms with Crippen molar-refractivity contribution in [3.63, 3.8) is 0 Å². The molecule has 0 atom stereocenters. The van der Waals surface area contributed by atoms with Crippen LogP contribution in [-0.2, 0) is 6.54 Å². The molecule has 2 aromatic heterocycles. The van der Waals surface area contributed by atoms with E-state index in [-0.39, 0.29) is 5.91 Å². The molecule has 3 aromatic rings. The largest absolute Gasteiger partial charge is 0.336 e. The van der Waals surface area contributed by atoms with Crippen molar-refractivity contribution in [2.75, 3.05) is 26.2 Å². The van der Waals surface area contributed by atoms with E-state index in [0.29, 0.717) is 10.9 Å². The zero-order chi connectivity index (χ0) is 21.4. The maximum atomic E-state index is 13.4. The first kappa shape index (κ1) is 20.2. The maximum absolute atomic E-state index is 13.4. The summed E-state index contributed by atoms with van der Waals surface area (Å²) in [6.07, 6.45) is 5.77. The summed E-state index contributed by atoms with van der Waals surface area (Å²) in [4.78, 5) is 22.1. The Hall–Kier alpha value is -2.70. The average molecular weight is 436 g/mol. The number of benzene rings is 1. The van der Waals surface area contributed by atoms with Gasteiger partial charge in [0.15, 0.2) is 0 Å². The average Bonchev–Trinajstić information content (AvgIpc) is 3.54. The molecule has 1 aliphatic carbocycles. The second kappa shape index (κ2) is 8.44. The number of aromatic nitrogens is 3. The first-order valence-electron chi connectivity index (χ1n) is 10.9. The molecule has 2 fully saturated rings. The molecule has 1 saturated carbocycles. The van der Waals surface area contributed by atoms with Gasteiger partial charge in [-0.15, -0.1) is 0 Å². The summed E-state index contributed by atoms with van der Waals surface area (Å²) in [6, 6.07) is 11.9. The number of aryl methyl sites for hydroxylation is 1. The predicted molar refractivity (Wildman–Crippen MR) is 121 cm³/mol. The van der Waals surface area contributed by atoms with Gasteiger partial charge in [0.1, 0.15) is 0 Å². The van der Waals surface area contributed by atoms with Crippen molar-refractivity contribution in [2.45, 2.75) is 32.2 Å². The van der Waals surface area contributed by atoms with Gasteiger partial charge in [-0.1, -0.05) is 23.7 Å². The van der Waals surface area contributed by atoms with Gasteiger partial charge in [0.2, 0.25) is 0 Å². The van der Waals surface area contributed by atoms with E-state index in [1.165, 1.54) is 0 Å². The van der Waals surface area contributed by atoms with Gasteiger partial charge in [-0.3, -0.25) is 14.7 Å². The molecule has 2 aliphatic rings. The van der Waals surface area contributed by atoms with E-state index in [4.69, 9.17) is 11.6 Å². The Morgan fingerprint density at radius 1 is 1.13 bits per heavy atom. The molecule has 3 heterocycles. The monoisotopic (exact) mass is 435 g/mol. The van der Waals surface area contributed by atoms with Crippen LogP contribution in [-0.4, -0.2) is 56.7 Å². The van der Waals surface area contributed by atoms with Gasteiger partial charge in [0, 0.05) is 49.9 Å². The van der Waals surface area contributed by atoms with Gasteiger partial charge >= 0.3 is 0 Å². The predicted octanol–water partition coefficient (Wildman–Crippen LogP) is 4.06. The molecule has 0 radical (unpaired) electrons. The van der Waals surface area contributed by atoms with Crippen molar-refractivity contribution in [1.82, 2.24) is 24.6 Å². The Morgan fingerprint density at radius 3 is 2.61 bits per heavy atom. The number of rotatable bonds is 5. The molecular weight excluding hydrogens is 410 g/mol. The van der Waals surface area contributed by atoms with E-state index < -0.39 is 0 Å².